The summed E-state index contributed by atoms with van der Waals surface area (Å²) < 4.78 is 4.70. The van der Waals surface area contributed by atoms with Crippen LogP contribution in [0.5, 0.6) is 0 Å². The van der Waals surface area contributed by atoms with E-state index in [2.05, 4.69) is 5.32 Å². The van der Waals surface area contributed by atoms with Crippen molar-refractivity contribution in [3.63, 3.8) is 0 Å². The summed E-state index contributed by atoms with van der Waals surface area (Å²) in [7, 11) is 0. The Morgan fingerprint density at radius 1 is 1.35 bits per heavy atom. The van der Waals surface area contributed by atoms with Crippen LogP contribution in [0.4, 0.5) is 0 Å². The standard InChI is InChI=1S/C15H25NO4/c1-2-20-14(18)9-13(17)15(19)16-6-5-12-8-10-3-4-11(12)7-10/h10-13,17H,2-9H2,1H3,(H,16,19). The van der Waals surface area contributed by atoms with Gasteiger partial charge in [0.05, 0.1) is 13.0 Å². The van der Waals surface area contributed by atoms with Crippen molar-refractivity contribution in [1.29, 1.82) is 0 Å². The minimum absolute atomic E-state index is 0.261. The van der Waals surface area contributed by atoms with Crippen LogP contribution >= 0.6 is 0 Å². The summed E-state index contributed by atoms with van der Waals surface area (Å²) in [4.78, 5) is 22.8. The molecule has 4 atom stereocenters. The number of aliphatic hydroxyl groups is 1. The molecule has 0 aromatic carbocycles. The van der Waals surface area contributed by atoms with Crippen LogP contribution in [0.3, 0.4) is 0 Å². The van der Waals surface area contributed by atoms with Gasteiger partial charge in [-0.1, -0.05) is 6.42 Å². The third-order valence-electron chi connectivity index (χ3n) is 4.67. The van der Waals surface area contributed by atoms with E-state index in [0.717, 1.165) is 24.2 Å². The molecule has 2 saturated carbocycles. The maximum absolute atomic E-state index is 11.6. The molecule has 4 unspecified atom stereocenters. The van der Waals surface area contributed by atoms with Crippen LogP contribution in [0.1, 0.15) is 45.4 Å². The van der Waals surface area contributed by atoms with Crippen LogP contribution in [0, 0.1) is 17.8 Å². The lowest BCUT2D eigenvalue weighted by Gasteiger charge is -2.21. The molecule has 0 spiro atoms. The van der Waals surface area contributed by atoms with Crippen LogP contribution in [-0.4, -0.2) is 36.2 Å². The van der Waals surface area contributed by atoms with Gasteiger partial charge in [0.25, 0.3) is 0 Å². The Morgan fingerprint density at radius 2 is 2.15 bits per heavy atom. The predicted molar refractivity (Wildman–Crippen MR) is 73.8 cm³/mol. The number of carbonyl (C=O) groups is 2. The molecule has 0 aliphatic heterocycles. The van der Waals surface area contributed by atoms with E-state index in [4.69, 9.17) is 4.74 Å². The topological polar surface area (TPSA) is 75.6 Å². The normalized spacial score (nSPS) is 29.2. The second-order valence-corrected chi connectivity index (χ2v) is 6.04. The summed E-state index contributed by atoms with van der Waals surface area (Å²) in [6.07, 6.45) is 4.80. The van der Waals surface area contributed by atoms with Crippen molar-refractivity contribution in [2.45, 2.75) is 51.6 Å². The SMILES string of the molecule is CCOC(=O)CC(O)C(=O)NCCC1CC2CCC1C2. The third-order valence-corrected chi connectivity index (χ3v) is 4.67. The first-order chi connectivity index (χ1) is 9.60. The molecule has 0 saturated heterocycles. The highest BCUT2D eigenvalue weighted by atomic mass is 16.5. The van der Waals surface area contributed by atoms with Crippen LogP contribution < -0.4 is 5.32 Å². The lowest BCUT2D eigenvalue weighted by Crippen LogP contribution is -2.37. The summed E-state index contributed by atoms with van der Waals surface area (Å²) >= 11 is 0. The molecule has 0 heterocycles. The maximum Gasteiger partial charge on any atom is 0.308 e. The highest BCUT2D eigenvalue weighted by Crippen LogP contribution is 2.49. The molecular weight excluding hydrogens is 258 g/mol. The molecule has 0 aromatic rings. The van der Waals surface area contributed by atoms with Gasteiger partial charge in [-0.25, -0.2) is 0 Å². The van der Waals surface area contributed by atoms with Gasteiger partial charge in [-0.2, -0.15) is 0 Å². The number of esters is 1. The van der Waals surface area contributed by atoms with E-state index in [1.165, 1.54) is 25.7 Å². The highest BCUT2D eigenvalue weighted by molar-refractivity contribution is 5.85. The summed E-state index contributed by atoms with van der Waals surface area (Å²) in [6.45, 7) is 2.55. The van der Waals surface area contributed by atoms with Crippen molar-refractivity contribution < 1.29 is 19.4 Å². The van der Waals surface area contributed by atoms with Crippen LogP contribution in [0.2, 0.25) is 0 Å². The van der Waals surface area contributed by atoms with Gasteiger partial charge in [-0.05, 0) is 50.4 Å². The largest absolute Gasteiger partial charge is 0.466 e. The van der Waals surface area contributed by atoms with Gasteiger partial charge in [0.2, 0.25) is 5.91 Å². The van der Waals surface area contributed by atoms with E-state index < -0.39 is 18.0 Å². The zero-order chi connectivity index (χ0) is 14.5. The molecule has 2 bridgehead atoms. The number of ether oxygens (including phenoxy) is 1. The van der Waals surface area contributed by atoms with E-state index in [9.17, 15) is 14.7 Å². The molecule has 2 rings (SSSR count). The van der Waals surface area contributed by atoms with E-state index in [1.807, 2.05) is 0 Å². The van der Waals surface area contributed by atoms with E-state index in [-0.39, 0.29) is 13.0 Å². The molecule has 5 heteroatoms. The Bertz CT molecular complexity index is 358. The Hall–Kier alpha value is -1.10. The summed E-state index contributed by atoms with van der Waals surface area (Å²) in [6, 6.07) is 0. The second kappa shape index (κ2) is 7.07. The average molecular weight is 283 g/mol. The fraction of sp³-hybridized carbons (Fsp3) is 0.867. The molecule has 0 radical (unpaired) electrons. The lowest BCUT2D eigenvalue weighted by molar-refractivity contribution is -0.148. The van der Waals surface area contributed by atoms with Gasteiger partial charge in [0.1, 0.15) is 6.10 Å². The van der Waals surface area contributed by atoms with Gasteiger partial charge in [0.15, 0.2) is 0 Å². The molecule has 1 amide bonds. The van der Waals surface area contributed by atoms with Gasteiger partial charge >= 0.3 is 5.97 Å². The van der Waals surface area contributed by atoms with Crippen molar-refractivity contribution in [2.24, 2.45) is 17.8 Å². The second-order valence-electron chi connectivity index (χ2n) is 6.04. The quantitative estimate of drug-likeness (QED) is 0.689. The zero-order valence-electron chi connectivity index (χ0n) is 12.1. The van der Waals surface area contributed by atoms with Crippen LogP contribution in [0.25, 0.3) is 0 Å². The first-order valence-corrected chi connectivity index (χ1v) is 7.71. The number of aliphatic hydroxyl groups excluding tert-OH is 1. The van der Waals surface area contributed by atoms with Crippen molar-refractivity contribution in [1.82, 2.24) is 5.32 Å². The number of rotatable bonds is 7. The average Bonchev–Trinajstić information content (AvgIpc) is 3.01. The van der Waals surface area contributed by atoms with Crippen molar-refractivity contribution in [2.75, 3.05) is 13.2 Å². The Kier molecular flexibility index (Phi) is 5.40. The zero-order valence-corrected chi connectivity index (χ0v) is 12.1. The molecule has 2 fully saturated rings. The fourth-order valence-corrected chi connectivity index (χ4v) is 3.70. The van der Waals surface area contributed by atoms with E-state index in [0.29, 0.717) is 6.54 Å². The molecule has 2 aliphatic carbocycles. The number of hydrogen-bond donors (Lipinski definition) is 2. The summed E-state index contributed by atoms with van der Waals surface area (Å²) in [5, 5.41) is 12.3. The molecule has 2 N–H and O–H groups in total. The molecular formula is C15H25NO4. The summed E-state index contributed by atoms with van der Waals surface area (Å²) in [5.41, 5.74) is 0. The van der Waals surface area contributed by atoms with Gasteiger partial charge in [-0.3, -0.25) is 9.59 Å². The number of hydrogen-bond acceptors (Lipinski definition) is 4. The van der Waals surface area contributed by atoms with Gasteiger partial charge in [-0.15, -0.1) is 0 Å². The Morgan fingerprint density at radius 3 is 2.75 bits per heavy atom. The highest BCUT2D eigenvalue weighted by Gasteiger charge is 2.38. The number of carbonyl (C=O) groups excluding carboxylic acids is 2. The first kappa shape index (κ1) is 15.3. The lowest BCUT2D eigenvalue weighted by atomic mass is 9.86. The molecule has 5 nitrogen and oxygen atoms in total. The van der Waals surface area contributed by atoms with Gasteiger partial charge < -0.3 is 15.2 Å². The van der Waals surface area contributed by atoms with Crippen molar-refractivity contribution in [3.05, 3.63) is 0 Å². The number of nitrogens with one attached hydrogen (secondary N) is 1. The minimum atomic E-state index is -1.30. The monoisotopic (exact) mass is 283 g/mol. The van der Waals surface area contributed by atoms with Crippen LogP contribution in [-0.2, 0) is 14.3 Å². The fourth-order valence-electron chi connectivity index (χ4n) is 3.70. The van der Waals surface area contributed by atoms with Crippen LogP contribution in [0.15, 0.2) is 0 Å². The molecule has 20 heavy (non-hydrogen) atoms. The molecule has 2 aliphatic rings. The van der Waals surface area contributed by atoms with Crippen molar-refractivity contribution >= 4 is 11.9 Å². The Balaban J connectivity index is 1.61. The molecule has 114 valence electrons. The first-order valence-electron chi connectivity index (χ1n) is 7.71. The van der Waals surface area contributed by atoms with Crippen molar-refractivity contribution in [3.8, 4) is 0 Å². The minimum Gasteiger partial charge on any atom is -0.466 e. The maximum atomic E-state index is 11.6. The number of amides is 1. The van der Waals surface area contributed by atoms with E-state index in [1.54, 1.807) is 6.92 Å². The molecule has 0 aromatic heterocycles. The Labute approximate surface area is 120 Å². The smallest absolute Gasteiger partial charge is 0.308 e. The predicted octanol–water partition coefficient (Wildman–Crippen LogP) is 1.24. The number of fused-ring (bicyclic) bond motifs is 2. The van der Waals surface area contributed by atoms with E-state index >= 15 is 0 Å². The van der Waals surface area contributed by atoms with Gasteiger partial charge in [0, 0.05) is 6.54 Å². The summed E-state index contributed by atoms with van der Waals surface area (Å²) in [5.74, 6) is 1.48. The third kappa shape index (κ3) is 3.95.